The zero-order valence-electron chi connectivity index (χ0n) is 49.8. The van der Waals surface area contributed by atoms with E-state index in [0.717, 1.165) is 41.9 Å². The summed E-state index contributed by atoms with van der Waals surface area (Å²) in [5.74, 6) is -4.57. The van der Waals surface area contributed by atoms with Gasteiger partial charge >= 0.3 is 11.9 Å². The van der Waals surface area contributed by atoms with Crippen molar-refractivity contribution in [1.82, 2.24) is 59.9 Å². The van der Waals surface area contributed by atoms with E-state index in [4.69, 9.17) is 56.0 Å². The SMILES string of the molecule is CC(C)(O)c1ccc(S(=O)(=O)Nc2ccc(Cl)cc2-n2nnc3ncccc32)cc1F.CCOC(=O)c1ccc(S(=O)(=O)Cl)cc1F.CCOC(=O)c1ccc(S(=O)(=O)Nc2ccc(Cl)cc2-n2nnc3ncccc32)cc1F.Nc1ccc(Cl)cc1-n1nnc2ncccc21. The van der Waals surface area contributed by atoms with E-state index in [1.54, 1.807) is 79.6 Å². The topological polar surface area (TPSA) is 356 Å². The number of carbonyl (C=O) groups excluding carboxylic acids is 2. The number of hydrogen-bond donors (Lipinski definition) is 4. The third-order valence-electron chi connectivity index (χ3n) is 13.1. The number of hydrogen-bond acceptors (Lipinski definition) is 21. The number of aliphatic hydroxyl groups is 1. The van der Waals surface area contributed by atoms with Crippen molar-refractivity contribution in [1.29, 1.82) is 0 Å². The van der Waals surface area contributed by atoms with Crippen molar-refractivity contribution >= 4 is 137 Å². The van der Waals surface area contributed by atoms with Gasteiger partial charge in [-0.15, -0.1) is 15.3 Å². The van der Waals surface area contributed by atoms with E-state index in [2.05, 4.69) is 60.1 Å². The van der Waals surface area contributed by atoms with E-state index < -0.39 is 69.0 Å². The summed E-state index contributed by atoms with van der Waals surface area (Å²) in [6, 6.07) is 33.7. The van der Waals surface area contributed by atoms with Gasteiger partial charge in [0.2, 0.25) is 16.9 Å². The number of esters is 2. The van der Waals surface area contributed by atoms with Gasteiger partial charge in [0.05, 0.1) is 78.8 Å². The van der Waals surface area contributed by atoms with Crippen LogP contribution in [0.1, 0.15) is 54.0 Å². The second-order valence-corrected chi connectivity index (χ2v) is 27.4. The van der Waals surface area contributed by atoms with Crippen LogP contribution in [0.2, 0.25) is 15.1 Å². The third-order valence-corrected chi connectivity index (χ3v) is 17.9. The molecule has 36 heteroatoms. The van der Waals surface area contributed by atoms with Gasteiger partial charge in [-0.25, -0.2) is 77.0 Å². The number of nitrogen functional groups attached to an aromatic ring is 1. The van der Waals surface area contributed by atoms with E-state index in [9.17, 15) is 53.1 Å². The molecule has 0 spiro atoms. The number of aromatic nitrogens is 12. The van der Waals surface area contributed by atoms with Crippen molar-refractivity contribution in [3.8, 4) is 17.1 Å². The smallest absolute Gasteiger partial charge is 0.341 e. The molecule has 0 aliphatic heterocycles. The van der Waals surface area contributed by atoms with Gasteiger partial charge in [0, 0.05) is 49.9 Å². The lowest BCUT2D eigenvalue weighted by Crippen LogP contribution is -2.19. The Morgan fingerprint density at radius 1 is 0.521 bits per heavy atom. The van der Waals surface area contributed by atoms with Crippen molar-refractivity contribution in [2.24, 2.45) is 0 Å². The van der Waals surface area contributed by atoms with Crippen LogP contribution in [0.3, 0.4) is 0 Å². The summed E-state index contributed by atoms with van der Waals surface area (Å²) < 4.78 is 134. The van der Waals surface area contributed by atoms with Crippen molar-refractivity contribution in [2.75, 3.05) is 28.4 Å². The molecule has 12 aromatic rings. The lowest BCUT2D eigenvalue weighted by Gasteiger charge is -2.19. The first kappa shape index (κ1) is 70.4. The first-order valence-electron chi connectivity index (χ1n) is 27.6. The zero-order chi connectivity index (χ0) is 69.4. The molecule has 496 valence electrons. The molecule has 26 nitrogen and oxygen atoms in total. The molecule has 6 aromatic heterocycles. The molecule has 0 saturated heterocycles. The first-order valence-corrected chi connectivity index (χ1v) is 34.0. The molecular weight excluding hydrogens is 1400 g/mol. The van der Waals surface area contributed by atoms with Crippen LogP contribution in [0.4, 0.5) is 30.2 Å². The number of nitrogens with zero attached hydrogens (tertiary/aromatic N) is 12. The lowest BCUT2D eigenvalue weighted by molar-refractivity contribution is 0.0511. The van der Waals surface area contributed by atoms with Crippen LogP contribution in [0.5, 0.6) is 0 Å². The van der Waals surface area contributed by atoms with Gasteiger partial charge < -0.3 is 20.3 Å². The molecule has 0 atom stereocenters. The largest absolute Gasteiger partial charge is 0.462 e. The van der Waals surface area contributed by atoms with Gasteiger partial charge in [-0.05, 0) is 167 Å². The minimum Gasteiger partial charge on any atom is -0.462 e. The van der Waals surface area contributed by atoms with E-state index in [1.807, 2.05) is 12.1 Å². The number of nitrogens with one attached hydrogen (secondary N) is 2. The first-order chi connectivity index (χ1) is 45.5. The molecule has 0 aliphatic rings. The minimum atomic E-state index is -4.23. The summed E-state index contributed by atoms with van der Waals surface area (Å²) in [7, 11) is -7.39. The molecule has 0 amide bonds. The van der Waals surface area contributed by atoms with Gasteiger partial charge in [0.15, 0.2) is 0 Å². The fourth-order valence-corrected chi connectivity index (χ4v) is 12.1. The number of halogens is 7. The molecule has 0 saturated carbocycles. The number of fused-ring (bicyclic) bond motifs is 3. The molecular formula is C60H48Cl4F3N15O11S3. The Morgan fingerprint density at radius 2 is 0.885 bits per heavy atom. The normalized spacial score (nSPS) is 11.6. The predicted molar refractivity (Wildman–Crippen MR) is 350 cm³/mol. The van der Waals surface area contributed by atoms with Crippen molar-refractivity contribution in [3.63, 3.8) is 0 Å². The number of anilines is 3. The molecule has 6 heterocycles. The molecule has 0 bridgehead atoms. The molecule has 0 unspecified atom stereocenters. The molecule has 0 fully saturated rings. The van der Waals surface area contributed by atoms with E-state index >= 15 is 0 Å². The highest BCUT2D eigenvalue weighted by atomic mass is 35.7. The molecule has 96 heavy (non-hydrogen) atoms. The number of rotatable bonds is 15. The molecule has 0 radical (unpaired) electrons. The van der Waals surface area contributed by atoms with Gasteiger partial charge in [-0.2, -0.15) is 0 Å². The average molecular weight is 1450 g/mol. The van der Waals surface area contributed by atoms with E-state index in [1.165, 1.54) is 71.7 Å². The lowest BCUT2D eigenvalue weighted by atomic mass is 9.98. The van der Waals surface area contributed by atoms with Crippen molar-refractivity contribution in [2.45, 2.75) is 48.0 Å². The second kappa shape index (κ2) is 29.4. The zero-order valence-corrected chi connectivity index (χ0v) is 55.3. The maximum atomic E-state index is 14.4. The van der Waals surface area contributed by atoms with Crippen LogP contribution in [0, 0.1) is 17.5 Å². The highest BCUT2D eigenvalue weighted by Crippen LogP contribution is 2.33. The van der Waals surface area contributed by atoms with Gasteiger partial charge in [0.25, 0.3) is 29.1 Å². The Balaban J connectivity index is 0.000000157. The van der Waals surface area contributed by atoms with E-state index in [-0.39, 0.29) is 51.1 Å². The summed E-state index contributed by atoms with van der Waals surface area (Å²) in [5.41, 5.74) is 9.11. The van der Waals surface area contributed by atoms with Crippen LogP contribution >= 0.6 is 45.5 Å². The molecule has 0 aliphatic carbocycles. The Kier molecular flexibility index (Phi) is 21.5. The van der Waals surface area contributed by atoms with Crippen LogP contribution in [0.25, 0.3) is 50.6 Å². The average Bonchev–Trinajstić information content (AvgIpc) is 0.855. The monoisotopic (exact) mass is 1450 g/mol. The van der Waals surface area contributed by atoms with Crippen LogP contribution in [-0.2, 0) is 44.2 Å². The Bertz CT molecular complexity index is 5300. The maximum absolute atomic E-state index is 14.4. The number of pyridine rings is 3. The third kappa shape index (κ3) is 16.4. The number of carbonyl (C=O) groups is 2. The summed E-state index contributed by atoms with van der Waals surface area (Å²) in [4.78, 5) is 34.2. The quantitative estimate of drug-likeness (QED) is 0.0421. The molecule has 6 aromatic carbocycles. The molecule has 12 rings (SSSR count). The maximum Gasteiger partial charge on any atom is 0.341 e. The van der Waals surface area contributed by atoms with Crippen LogP contribution < -0.4 is 15.2 Å². The van der Waals surface area contributed by atoms with Crippen molar-refractivity contribution < 1.29 is 62.6 Å². The predicted octanol–water partition coefficient (Wildman–Crippen LogP) is 11.2. The van der Waals surface area contributed by atoms with Crippen LogP contribution in [0.15, 0.2) is 179 Å². The Hall–Kier alpha value is -9.93. The van der Waals surface area contributed by atoms with Gasteiger partial charge in [-0.1, -0.05) is 56.5 Å². The van der Waals surface area contributed by atoms with Crippen LogP contribution in [-0.4, -0.2) is 115 Å². The Morgan fingerprint density at radius 3 is 1.27 bits per heavy atom. The summed E-state index contributed by atoms with van der Waals surface area (Å²) in [5, 5.41) is 35.3. The fraction of sp³-hybridized carbons (Fsp3) is 0.117. The summed E-state index contributed by atoms with van der Waals surface area (Å²) >= 11 is 18.2. The summed E-state index contributed by atoms with van der Waals surface area (Å²) in [6.45, 7) is 6.15. The van der Waals surface area contributed by atoms with Gasteiger partial charge in [-0.3, -0.25) is 9.44 Å². The second-order valence-electron chi connectivity index (χ2n) is 20.1. The number of benzene rings is 6. The van der Waals surface area contributed by atoms with E-state index in [0.29, 0.717) is 71.9 Å². The highest BCUT2D eigenvalue weighted by Gasteiger charge is 2.27. The number of sulfonamides is 2. The number of nitrogens with two attached hydrogens (primary N) is 1. The molecule has 5 N–H and O–H groups in total. The van der Waals surface area contributed by atoms with Gasteiger partial charge in [0.1, 0.15) is 34.0 Å². The number of ether oxygens (including phenoxy) is 2. The standard InChI is InChI=1S/C20H15ClFN5O4S.C20H17ClFN5O3S.C11H8ClN5.C9H8ClFO4S/c1-2-31-20(28)14-7-6-13(11-15(14)22)32(29,30)25-16-8-5-12(21)10-18(16)27-17-4-3-9-23-19(17)24-26-27;1-20(2,28)14-7-6-13(11-15(14)22)31(29,30)25-16-8-5-12(21)10-18(16)27-17-4-3-9-23-19(17)24-26-27;12-7-3-4-8(13)10(6-7)17-9-2-1-5-14-11(9)15-16-17;1-2-15-9(12)7-4-3-6(5-8(7)11)16(10,13)14/h3-11,25H,2H2,1H3;3-11,25,28H,1-2H3;1-6H,13H2;3-5H,2H2,1H3. The highest BCUT2D eigenvalue weighted by molar-refractivity contribution is 8.13. The summed E-state index contributed by atoms with van der Waals surface area (Å²) in [6.07, 6.45) is 4.79. The fourth-order valence-electron chi connectivity index (χ4n) is 8.69. The minimum absolute atomic E-state index is 0.0137. The van der Waals surface area contributed by atoms with Crippen molar-refractivity contribution in [3.05, 3.63) is 213 Å². The Labute approximate surface area is 562 Å².